The summed E-state index contributed by atoms with van der Waals surface area (Å²) in [5.74, 6) is -0.118. The lowest BCUT2D eigenvalue weighted by molar-refractivity contribution is -0.115. The molecule has 0 aliphatic carbocycles. The van der Waals surface area contributed by atoms with Crippen LogP contribution in [0.4, 0.5) is 5.13 Å². The monoisotopic (exact) mass is 388 g/mol. The Morgan fingerprint density at radius 1 is 1.15 bits per heavy atom. The van der Waals surface area contributed by atoms with Crippen LogP contribution in [0.1, 0.15) is 23.6 Å². The van der Waals surface area contributed by atoms with Crippen LogP contribution in [0.25, 0.3) is 10.2 Å². The van der Waals surface area contributed by atoms with Crippen molar-refractivity contribution in [3.8, 4) is 0 Å². The van der Waals surface area contributed by atoms with Gasteiger partial charge in [0.05, 0.1) is 27.3 Å². The van der Waals surface area contributed by atoms with Gasteiger partial charge in [-0.3, -0.25) is 4.79 Å². The third-order valence-corrected chi connectivity index (χ3v) is 6.97. The average molecular weight is 389 g/mol. The summed E-state index contributed by atoms with van der Waals surface area (Å²) in [7, 11) is -3.22. The molecule has 1 aromatic heterocycles. The minimum Gasteiger partial charge on any atom is -0.302 e. The van der Waals surface area contributed by atoms with Gasteiger partial charge in [-0.1, -0.05) is 36.5 Å². The Labute approximate surface area is 157 Å². The molecule has 0 fully saturated rings. The Bertz CT molecular complexity index is 1070. The SMILES string of the molecule is CCS(=O)(=O)c1ccc(CC(=O)Nc2nc3cc(C)cc(C)c3s2)cc1. The largest absolute Gasteiger partial charge is 0.302 e. The van der Waals surface area contributed by atoms with Crippen molar-refractivity contribution in [3.63, 3.8) is 0 Å². The maximum absolute atomic E-state index is 12.3. The number of sulfone groups is 1. The Balaban J connectivity index is 1.72. The molecule has 0 aliphatic heterocycles. The number of anilines is 1. The molecule has 7 heteroatoms. The van der Waals surface area contributed by atoms with Crippen LogP contribution in [0.5, 0.6) is 0 Å². The first kappa shape index (κ1) is 18.5. The third kappa shape index (κ3) is 3.94. The lowest BCUT2D eigenvalue weighted by Gasteiger charge is -2.04. The molecule has 1 amide bonds. The van der Waals surface area contributed by atoms with Crippen molar-refractivity contribution in [1.82, 2.24) is 4.98 Å². The molecule has 0 radical (unpaired) electrons. The van der Waals surface area contributed by atoms with Gasteiger partial charge in [0.2, 0.25) is 5.91 Å². The summed E-state index contributed by atoms with van der Waals surface area (Å²) < 4.78 is 24.7. The van der Waals surface area contributed by atoms with E-state index in [1.165, 1.54) is 11.3 Å². The Morgan fingerprint density at radius 2 is 1.85 bits per heavy atom. The lowest BCUT2D eigenvalue weighted by atomic mass is 10.1. The quantitative estimate of drug-likeness (QED) is 0.719. The van der Waals surface area contributed by atoms with Crippen LogP contribution >= 0.6 is 11.3 Å². The second-order valence-corrected chi connectivity index (χ2v) is 9.50. The number of nitrogens with one attached hydrogen (secondary N) is 1. The zero-order valence-corrected chi connectivity index (χ0v) is 16.5. The molecule has 0 saturated heterocycles. The smallest absolute Gasteiger partial charge is 0.230 e. The molecule has 3 rings (SSSR count). The zero-order chi connectivity index (χ0) is 18.9. The van der Waals surface area contributed by atoms with Crippen LogP contribution in [0.2, 0.25) is 0 Å². The summed E-state index contributed by atoms with van der Waals surface area (Å²) in [4.78, 5) is 17.0. The van der Waals surface area contributed by atoms with E-state index in [0.29, 0.717) is 5.13 Å². The van der Waals surface area contributed by atoms with Gasteiger partial charge < -0.3 is 5.32 Å². The molecule has 0 unspecified atom stereocenters. The number of amides is 1. The van der Waals surface area contributed by atoms with Gasteiger partial charge in [-0.25, -0.2) is 13.4 Å². The molecule has 136 valence electrons. The third-order valence-electron chi connectivity index (χ3n) is 4.09. The average Bonchev–Trinajstić information content (AvgIpc) is 2.97. The minimum absolute atomic E-state index is 0.0589. The summed E-state index contributed by atoms with van der Waals surface area (Å²) in [6.07, 6.45) is 0.167. The molecular formula is C19H20N2O3S2. The molecule has 1 heterocycles. The highest BCUT2D eigenvalue weighted by Gasteiger charge is 2.13. The van der Waals surface area contributed by atoms with Gasteiger partial charge in [0.1, 0.15) is 0 Å². The van der Waals surface area contributed by atoms with Gasteiger partial charge in [-0.05, 0) is 48.7 Å². The van der Waals surface area contributed by atoms with Crippen molar-refractivity contribution < 1.29 is 13.2 Å². The first-order valence-corrected chi connectivity index (χ1v) is 10.7. The highest BCUT2D eigenvalue weighted by Crippen LogP contribution is 2.29. The lowest BCUT2D eigenvalue weighted by Crippen LogP contribution is -2.14. The van der Waals surface area contributed by atoms with E-state index in [1.807, 2.05) is 19.9 Å². The minimum atomic E-state index is -3.22. The van der Waals surface area contributed by atoms with Gasteiger partial charge in [0.15, 0.2) is 15.0 Å². The van der Waals surface area contributed by atoms with E-state index in [4.69, 9.17) is 0 Å². The van der Waals surface area contributed by atoms with E-state index in [1.54, 1.807) is 31.2 Å². The van der Waals surface area contributed by atoms with Gasteiger partial charge >= 0.3 is 0 Å². The van der Waals surface area contributed by atoms with Crippen LogP contribution < -0.4 is 5.32 Å². The van der Waals surface area contributed by atoms with Crippen molar-refractivity contribution in [2.45, 2.75) is 32.1 Å². The molecule has 0 saturated carbocycles. The normalized spacial score (nSPS) is 11.7. The number of thiazole rings is 1. The van der Waals surface area contributed by atoms with Gasteiger partial charge in [0, 0.05) is 0 Å². The second kappa shape index (κ2) is 7.17. The highest BCUT2D eigenvalue weighted by molar-refractivity contribution is 7.91. The number of nitrogens with zero attached hydrogens (tertiary/aromatic N) is 1. The number of aromatic nitrogens is 1. The van der Waals surface area contributed by atoms with Gasteiger partial charge in [0.25, 0.3) is 0 Å². The Hall–Kier alpha value is -2.25. The fraction of sp³-hybridized carbons (Fsp3) is 0.263. The highest BCUT2D eigenvalue weighted by atomic mass is 32.2. The standard InChI is InChI=1S/C19H20N2O3S2/c1-4-26(23,24)15-7-5-14(6-8-15)11-17(22)21-19-20-16-10-12(2)9-13(3)18(16)25-19/h5-10H,4,11H2,1-3H3,(H,20,21,22). The summed E-state index contributed by atoms with van der Waals surface area (Å²) in [6, 6.07) is 10.5. The molecule has 0 atom stereocenters. The van der Waals surface area contributed by atoms with E-state index < -0.39 is 9.84 Å². The second-order valence-electron chi connectivity index (χ2n) is 6.22. The van der Waals surface area contributed by atoms with Crippen LogP contribution in [-0.4, -0.2) is 25.1 Å². The number of hydrogen-bond donors (Lipinski definition) is 1. The number of carbonyl (C=O) groups is 1. The van der Waals surface area contributed by atoms with Gasteiger partial charge in [-0.15, -0.1) is 0 Å². The van der Waals surface area contributed by atoms with Crippen LogP contribution in [-0.2, 0) is 21.1 Å². The molecular weight excluding hydrogens is 368 g/mol. The molecule has 2 aromatic carbocycles. The van der Waals surface area contributed by atoms with Gasteiger partial charge in [-0.2, -0.15) is 0 Å². The van der Waals surface area contributed by atoms with Crippen molar-refractivity contribution in [2.75, 3.05) is 11.1 Å². The number of carbonyl (C=O) groups excluding carboxylic acids is 1. The van der Waals surface area contributed by atoms with Crippen molar-refractivity contribution >= 4 is 42.4 Å². The molecule has 3 aromatic rings. The zero-order valence-electron chi connectivity index (χ0n) is 14.9. The summed E-state index contributed by atoms with van der Waals surface area (Å²) in [5, 5.41) is 3.41. The number of hydrogen-bond acceptors (Lipinski definition) is 5. The van der Waals surface area contributed by atoms with Crippen molar-refractivity contribution in [1.29, 1.82) is 0 Å². The van der Waals surface area contributed by atoms with E-state index in [0.717, 1.165) is 26.9 Å². The molecule has 0 bridgehead atoms. The first-order valence-electron chi connectivity index (χ1n) is 8.28. The molecule has 26 heavy (non-hydrogen) atoms. The molecule has 0 spiro atoms. The Kier molecular flexibility index (Phi) is 5.11. The van der Waals surface area contributed by atoms with Crippen molar-refractivity contribution in [3.05, 3.63) is 53.1 Å². The predicted molar refractivity (Wildman–Crippen MR) is 106 cm³/mol. The Morgan fingerprint density at radius 3 is 2.50 bits per heavy atom. The fourth-order valence-electron chi connectivity index (χ4n) is 2.76. The molecule has 0 aliphatic rings. The van der Waals surface area contributed by atoms with Crippen molar-refractivity contribution in [2.24, 2.45) is 0 Å². The van der Waals surface area contributed by atoms with E-state index in [9.17, 15) is 13.2 Å². The summed E-state index contributed by atoms with van der Waals surface area (Å²) >= 11 is 1.46. The number of fused-ring (bicyclic) bond motifs is 1. The van der Waals surface area contributed by atoms with E-state index >= 15 is 0 Å². The van der Waals surface area contributed by atoms with E-state index in [2.05, 4.69) is 16.4 Å². The maximum Gasteiger partial charge on any atom is 0.230 e. The number of rotatable bonds is 5. The molecule has 5 nitrogen and oxygen atoms in total. The van der Waals surface area contributed by atoms with Crippen LogP contribution in [0, 0.1) is 13.8 Å². The first-order chi connectivity index (χ1) is 12.3. The fourth-order valence-corrected chi connectivity index (χ4v) is 4.58. The summed E-state index contributed by atoms with van der Waals surface area (Å²) in [6.45, 7) is 5.66. The summed E-state index contributed by atoms with van der Waals surface area (Å²) in [5.41, 5.74) is 3.92. The van der Waals surface area contributed by atoms with Crippen LogP contribution in [0.15, 0.2) is 41.3 Å². The number of benzene rings is 2. The van der Waals surface area contributed by atoms with Crippen LogP contribution in [0.3, 0.4) is 0 Å². The van der Waals surface area contributed by atoms with E-state index in [-0.39, 0.29) is 23.0 Å². The topological polar surface area (TPSA) is 76.1 Å². The predicted octanol–water partition coefficient (Wildman–Crippen LogP) is 3.89. The number of aryl methyl sites for hydroxylation is 2. The molecule has 1 N–H and O–H groups in total. The maximum atomic E-state index is 12.3.